The highest BCUT2D eigenvalue weighted by molar-refractivity contribution is 7.90. The zero-order valence-electron chi connectivity index (χ0n) is 10.8. The summed E-state index contributed by atoms with van der Waals surface area (Å²) in [5.74, 6) is -0.200. The monoisotopic (exact) mass is 291 g/mol. The quantitative estimate of drug-likeness (QED) is 0.897. The summed E-state index contributed by atoms with van der Waals surface area (Å²) in [6.07, 6.45) is 1.34. The molecule has 0 fully saturated rings. The fourth-order valence-electron chi connectivity index (χ4n) is 1.82. The molecule has 2 rings (SSSR count). The van der Waals surface area contributed by atoms with Gasteiger partial charge in [-0.15, -0.1) is 0 Å². The van der Waals surface area contributed by atoms with Crippen LogP contribution in [0.15, 0.2) is 35.6 Å². The van der Waals surface area contributed by atoms with Crippen LogP contribution in [0.2, 0.25) is 0 Å². The predicted molar refractivity (Wildman–Crippen MR) is 71.2 cm³/mol. The third kappa shape index (κ3) is 2.71. The van der Waals surface area contributed by atoms with Gasteiger partial charge in [-0.25, -0.2) is 13.4 Å². The molecule has 1 aromatic carbocycles. The molecule has 0 saturated heterocycles. The Balaban J connectivity index is 2.30. The maximum atomic E-state index is 12.3. The van der Waals surface area contributed by atoms with E-state index in [4.69, 9.17) is 10.4 Å². The molecular weight excluding hydrogens is 278 g/mol. The first-order valence-corrected chi connectivity index (χ1v) is 7.46. The molecule has 2 aromatic rings. The molecule has 1 N–H and O–H groups in total. The molecule has 0 atom stereocenters. The van der Waals surface area contributed by atoms with Gasteiger partial charge in [-0.1, -0.05) is 12.1 Å². The number of sulfone groups is 1. The van der Waals surface area contributed by atoms with E-state index >= 15 is 0 Å². The zero-order valence-corrected chi connectivity index (χ0v) is 11.6. The standard InChI is InChI=1S/C13H13N3O3S/c1-16-12(8-17)7-15-13(16)20(18,19)9-11-4-2-10(6-14)3-5-11/h2-5,7,17H,8-9H2,1H3. The molecule has 1 heterocycles. The van der Waals surface area contributed by atoms with Gasteiger partial charge in [0.05, 0.1) is 35.9 Å². The molecule has 0 radical (unpaired) electrons. The van der Waals surface area contributed by atoms with Crippen LogP contribution in [0.5, 0.6) is 0 Å². The van der Waals surface area contributed by atoms with Crippen molar-refractivity contribution in [2.45, 2.75) is 17.5 Å². The normalized spacial score (nSPS) is 11.2. The smallest absolute Gasteiger partial charge is 0.227 e. The third-order valence-corrected chi connectivity index (χ3v) is 4.57. The topological polar surface area (TPSA) is 96.0 Å². The number of benzene rings is 1. The van der Waals surface area contributed by atoms with E-state index in [1.165, 1.54) is 10.8 Å². The summed E-state index contributed by atoms with van der Waals surface area (Å²) in [5, 5.41) is 17.7. The number of nitrogens with zero attached hydrogens (tertiary/aromatic N) is 3. The van der Waals surface area contributed by atoms with Crippen LogP contribution in [0.25, 0.3) is 0 Å². The molecule has 104 valence electrons. The number of imidazole rings is 1. The fourth-order valence-corrected chi connectivity index (χ4v) is 3.33. The predicted octanol–water partition coefficient (Wildman–Crippen LogP) is 0.758. The van der Waals surface area contributed by atoms with E-state index in [9.17, 15) is 8.42 Å². The van der Waals surface area contributed by atoms with Crippen LogP contribution >= 0.6 is 0 Å². The van der Waals surface area contributed by atoms with Gasteiger partial charge in [-0.05, 0) is 17.7 Å². The number of hydrogen-bond acceptors (Lipinski definition) is 5. The molecule has 6 nitrogen and oxygen atoms in total. The molecule has 20 heavy (non-hydrogen) atoms. The lowest BCUT2D eigenvalue weighted by atomic mass is 10.2. The van der Waals surface area contributed by atoms with Gasteiger partial charge in [0.25, 0.3) is 0 Å². The van der Waals surface area contributed by atoms with Crippen molar-refractivity contribution >= 4 is 9.84 Å². The molecule has 0 spiro atoms. The molecule has 0 unspecified atom stereocenters. The Hall–Kier alpha value is -2.17. The second-order valence-corrected chi connectivity index (χ2v) is 6.20. The first-order valence-electron chi connectivity index (χ1n) is 5.81. The first-order chi connectivity index (χ1) is 9.47. The maximum absolute atomic E-state index is 12.3. The molecular formula is C13H13N3O3S. The van der Waals surface area contributed by atoms with E-state index in [0.29, 0.717) is 16.8 Å². The van der Waals surface area contributed by atoms with Crippen molar-refractivity contribution in [3.05, 3.63) is 47.3 Å². The van der Waals surface area contributed by atoms with Crippen LogP contribution < -0.4 is 0 Å². The second kappa shape index (κ2) is 5.45. The summed E-state index contributed by atoms with van der Waals surface area (Å²) in [4.78, 5) is 3.85. The van der Waals surface area contributed by atoms with Crippen LogP contribution in [-0.4, -0.2) is 23.1 Å². The first kappa shape index (κ1) is 14.2. The Morgan fingerprint density at radius 1 is 1.35 bits per heavy atom. The Kier molecular flexibility index (Phi) is 3.88. The SMILES string of the molecule is Cn1c(CO)cnc1S(=O)(=O)Cc1ccc(C#N)cc1. The van der Waals surface area contributed by atoms with Gasteiger partial charge < -0.3 is 9.67 Å². The van der Waals surface area contributed by atoms with E-state index in [2.05, 4.69) is 4.98 Å². The molecule has 0 saturated carbocycles. The lowest BCUT2D eigenvalue weighted by molar-refractivity contribution is 0.271. The van der Waals surface area contributed by atoms with E-state index < -0.39 is 9.84 Å². The van der Waals surface area contributed by atoms with Crippen LogP contribution in [0.3, 0.4) is 0 Å². The average molecular weight is 291 g/mol. The van der Waals surface area contributed by atoms with Gasteiger partial charge in [0.1, 0.15) is 0 Å². The Bertz CT molecular complexity index is 755. The van der Waals surface area contributed by atoms with Crippen molar-refractivity contribution in [1.82, 2.24) is 9.55 Å². The summed E-state index contributed by atoms with van der Waals surface area (Å²) in [5.41, 5.74) is 1.49. The van der Waals surface area contributed by atoms with E-state index in [-0.39, 0.29) is 17.5 Å². The van der Waals surface area contributed by atoms with Crippen molar-refractivity contribution in [3.63, 3.8) is 0 Å². The number of aromatic nitrogens is 2. The minimum absolute atomic E-state index is 0.0779. The summed E-state index contributed by atoms with van der Waals surface area (Å²) in [7, 11) is -2.05. The Labute approximate surface area is 116 Å². The summed E-state index contributed by atoms with van der Waals surface area (Å²) in [6.45, 7) is -0.268. The van der Waals surface area contributed by atoms with Crippen molar-refractivity contribution in [2.75, 3.05) is 0 Å². The van der Waals surface area contributed by atoms with Gasteiger partial charge in [0.15, 0.2) is 0 Å². The minimum Gasteiger partial charge on any atom is -0.390 e. The van der Waals surface area contributed by atoms with Crippen LogP contribution in [-0.2, 0) is 29.2 Å². The number of nitriles is 1. The van der Waals surface area contributed by atoms with Crippen molar-refractivity contribution < 1.29 is 13.5 Å². The van der Waals surface area contributed by atoms with Crippen molar-refractivity contribution in [3.8, 4) is 6.07 Å². The zero-order chi connectivity index (χ0) is 14.8. The number of aliphatic hydroxyl groups is 1. The molecule has 0 aliphatic carbocycles. The molecule has 0 amide bonds. The van der Waals surface area contributed by atoms with Gasteiger partial charge in [-0.2, -0.15) is 5.26 Å². The molecule has 1 aromatic heterocycles. The van der Waals surface area contributed by atoms with E-state index in [1.54, 1.807) is 31.3 Å². The second-order valence-electron chi connectivity index (χ2n) is 4.32. The molecule has 7 heteroatoms. The number of aliphatic hydroxyl groups excluding tert-OH is 1. The summed E-state index contributed by atoms with van der Waals surface area (Å²) < 4.78 is 25.9. The number of rotatable bonds is 4. The van der Waals surface area contributed by atoms with Gasteiger partial charge in [-0.3, -0.25) is 0 Å². The third-order valence-electron chi connectivity index (χ3n) is 2.92. The van der Waals surface area contributed by atoms with E-state index in [1.807, 2.05) is 6.07 Å². The summed E-state index contributed by atoms with van der Waals surface area (Å²) in [6, 6.07) is 8.33. The lowest BCUT2D eigenvalue weighted by Crippen LogP contribution is -2.12. The highest BCUT2D eigenvalue weighted by Crippen LogP contribution is 2.16. The molecule has 0 bridgehead atoms. The molecule has 0 aliphatic rings. The van der Waals surface area contributed by atoms with Crippen LogP contribution in [0.1, 0.15) is 16.8 Å². The van der Waals surface area contributed by atoms with Gasteiger partial charge in [0, 0.05) is 7.05 Å². The highest BCUT2D eigenvalue weighted by atomic mass is 32.2. The Morgan fingerprint density at radius 3 is 2.50 bits per heavy atom. The van der Waals surface area contributed by atoms with Gasteiger partial charge >= 0.3 is 0 Å². The van der Waals surface area contributed by atoms with Crippen molar-refractivity contribution in [2.24, 2.45) is 7.05 Å². The van der Waals surface area contributed by atoms with Crippen LogP contribution in [0.4, 0.5) is 0 Å². The van der Waals surface area contributed by atoms with Crippen LogP contribution in [0, 0.1) is 11.3 Å². The van der Waals surface area contributed by atoms with Crippen molar-refractivity contribution in [1.29, 1.82) is 5.26 Å². The minimum atomic E-state index is -3.60. The largest absolute Gasteiger partial charge is 0.390 e. The highest BCUT2D eigenvalue weighted by Gasteiger charge is 2.21. The Morgan fingerprint density at radius 2 is 2.00 bits per heavy atom. The van der Waals surface area contributed by atoms with E-state index in [0.717, 1.165) is 0 Å². The fraction of sp³-hybridized carbons (Fsp3) is 0.231. The maximum Gasteiger partial charge on any atom is 0.227 e. The number of hydrogen-bond donors (Lipinski definition) is 1. The summed E-state index contributed by atoms with van der Waals surface area (Å²) >= 11 is 0. The average Bonchev–Trinajstić information content (AvgIpc) is 2.81. The lowest BCUT2D eigenvalue weighted by Gasteiger charge is -2.06. The van der Waals surface area contributed by atoms with Gasteiger partial charge in [0.2, 0.25) is 15.0 Å². The molecule has 0 aliphatic heterocycles.